The highest BCUT2D eigenvalue weighted by molar-refractivity contribution is 5.76. The molecule has 4 heteroatoms. The first-order valence-electron chi connectivity index (χ1n) is 8.57. The third kappa shape index (κ3) is 3.66. The number of amides is 1. The van der Waals surface area contributed by atoms with Crippen LogP contribution >= 0.6 is 0 Å². The first kappa shape index (κ1) is 14.6. The van der Waals surface area contributed by atoms with Gasteiger partial charge in [-0.25, -0.2) is 0 Å². The molecule has 1 fully saturated rings. The summed E-state index contributed by atoms with van der Waals surface area (Å²) in [5, 5.41) is 7.83. The fraction of sp³-hybridized carbons (Fsp3) is 0.765. The standard InChI is InChI=1S/C17H27N3O/c1-13-7-5-6-9-15(13)18-17(21)12-20-11-14-8-3-2-4-10-16(14)19-20/h11,13,15H,2-10,12H2,1H3,(H,18,21). The molecule has 2 unspecified atom stereocenters. The summed E-state index contributed by atoms with van der Waals surface area (Å²) < 4.78 is 1.85. The van der Waals surface area contributed by atoms with E-state index in [0.29, 0.717) is 18.5 Å². The van der Waals surface area contributed by atoms with Gasteiger partial charge in [0.05, 0.1) is 5.69 Å². The van der Waals surface area contributed by atoms with Gasteiger partial charge in [0, 0.05) is 12.2 Å². The van der Waals surface area contributed by atoms with Crippen molar-refractivity contribution in [3.8, 4) is 0 Å². The molecule has 0 radical (unpaired) electrons. The fourth-order valence-electron chi connectivity index (χ4n) is 3.72. The lowest BCUT2D eigenvalue weighted by Crippen LogP contribution is -2.42. The van der Waals surface area contributed by atoms with Crippen molar-refractivity contribution < 1.29 is 4.79 Å². The van der Waals surface area contributed by atoms with E-state index in [4.69, 9.17) is 0 Å². The monoisotopic (exact) mass is 289 g/mol. The molecule has 2 aliphatic carbocycles. The molecule has 2 aliphatic rings. The van der Waals surface area contributed by atoms with Gasteiger partial charge in [0.2, 0.25) is 5.91 Å². The predicted octanol–water partition coefficient (Wildman–Crippen LogP) is 2.85. The van der Waals surface area contributed by atoms with Crippen LogP contribution in [0.4, 0.5) is 0 Å². The number of rotatable bonds is 3. The third-order valence-electron chi connectivity index (χ3n) is 5.05. The van der Waals surface area contributed by atoms with E-state index in [1.165, 1.54) is 49.8 Å². The minimum Gasteiger partial charge on any atom is -0.351 e. The Morgan fingerprint density at radius 2 is 2.05 bits per heavy atom. The highest BCUT2D eigenvalue weighted by Gasteiger charge is 2.23. The van der Waals surface area contributed by atoms with Crippen molar-refractivity contribution >= 4 is 5.91 Å². The molecule has 0 spiro atoms. The molecular weight excluding hydrogens is 262 g/mol. The van der Waals surface area contributed by atoms with Crippen molar-refractivity contribution in [2.24, 2.45) is 5.92 Å². The van der Waals surface area contributed by atoms with Gasteiger partial charge >= 0.3 is 0 Å². The predicted molar refractivity (Wildman–Crippen MR) is 83.0 cm³/mol. The third-order valence-corrected chi connectivity index (χ3v) is 5.05. The maximum Gasteiger partial charge on any atom is 0.241 e. The minimum atomic E-state index is 0.117. The van der Waals surface area contributed by atoms with Crippen molar-refractivity contribution in [3.05, 3.63) is 17.5 Å². The second-order valence-electron chi connectivity index (χ2n) is 6.80. The van der Waals surface area contributed by atoms with E-state index in [-0.39, 0.29) is 5.91 Å². The summed E-state index contributed by atoms with van der Waals surface area (Å²) in [6.45, 7) is 2.62. The summed E-state index contributed by atoms with van der Waals surface area (Å²) in [7, 11) is 0. The van der Waals surface area contributed by atoms with Crippen molar-refractivity contribution in [2.75, 3.05) is 0 Å². The van der Waals surface area contributed by atoms with Crippen LogP contribution in [0.15, 0.2) is 6.20 Å². The summed E-state index contributed by atoms with van der Waals surface area (Å²) in [4.78, 5) is 12.2. The number of carbonyl (C=O) groups is 1. The molecule has 1 aromatic rings. The molecule has 1 saturated carbocycles. The van der Waals surface area contributed by atoms with E-state index in [2.05, 4.69) is 23.5 Å². The number of aromatic nitrogens is 2. The Balaban J connectivity index is 1.57. The van der Waals surface area contributed by atoms with E-state index in [0.717, 1.165) is 19.3 Å². The van der Waals surface area contributed by atoms with Crippen LogP contribution < -0.4 is 5.32 Å². The molecular formula is C17H27N3O. The molecule has 1 heterocycles. The van der Waals surface area contributed by atoms with Crippen LogP contribution in [0.25, 0.3) is 0 Å². The summed E-state index contributed by atoms with van der Waals surface area (Å²) >= 11 is 0. The van der Waals surface area contributed by atoms with Gasteiger partial charge in [-0.1, -0.05) is 26.2 Å². The first-order valence-corrected chi connectivity index (χ1v) is 8.57. The molecule has 1 amide bonds. The van der Waals surface area contributed by atoms with Gasteiger partial charge in [0.1, 0.15) is 6.54 Å². The Hall–Kier alpha value is -1.32. The lowest BCUT2D eigenvalue weighted by molar-refractivity contribution is -0.123. The Bertz CT molecular complexity index is 471. The lowest BCUT2D eigenvalue weighted by atomic mass is 9.86. The Morgan fingerprint density at radius 3 is 2.90 bits per heavy atom. The van der Waals surface area contributed by atoms with Crippen molar-refractivity contribution in [1.82, 2.24) is 15.1 Å². The zero-order valence-corrected chi connectivity index (χ0v) is 13.1. The van der Waals surface area contributed by atoms with Crippen molar-refractivity contribution in [3.63, 3.8) is 0 Å². The Morgan fingerprint density at radius 1 is 1.24 bits per heavy atom. The van der Waals surface area contributed by atoms with Crippen LogP contribution in [0.5, 0.6) is 0 Å². The first-order chi connectivity index (χ1) is 10.2. The van der Waals surface area contributed by atoms with Gasteiger partial charge in [-0.2, -0.15) is 5.10 Å². The average molecular weight is 289 g/mol. The molecule has 0 saturated heterocycles. The molecule has 0 aliphatic heterocycles. The molecule has 1 N–H and O–H groups in total. The zero-order chi connectivity index (χ0) is 14.7. The molecule has 4 nitrogen and oxygen atoms in total. The summed E-state index contributed by atoms with van der Waals surface area (Å²) in [5.74, 6) is 0.725. The number of hydrogen-bond donors (Lipinski definition) is 1. The smallest absolute Gasteiger partial charge is 0.241 e. The molecule has 21 heavy (non-hydrogen) atoms. The van der Waals surface area contributed by atoms with Crippen molar-refractivity contribution in [2.45, 2.75) is 77.3 Å². The molecule has 2 atom stereocenters. The lowest BCUT2D eigenvalue weighted by Gasteiger charge is -2.29. The second-order valence-corrected chi connectivity index (χ2v) is 6.80. The van der Waals surface area contributed by atoms with Gasteiger partial charge in [-0.05, 0) is 50.0 Å². The van der Waals surface area contributed by atoms with Crippen LogP contribution in [-0.2, 0) is 24.2 Å². The quantitative estimate of drug-likeness (QED) is 0.870. The number of carbonyl (C=O) groups excluding carboxylic acids is 1. The molecule has 1 aromatic heterocycles. The Kier molecular flexibility index (Phi) is 4.61. The highest BCUT2D eigenvalue weighted by Crippen LogP contribution is 2.23. The van der Waals surface area contributed by atoms with Crippen LogP contribution in [-0.4, -0.2) is 21.7 Å². The maximum absolute atomic E-state index is 12.2. The maximum atomic E-state index is 12.2. The molecule has 3 rings (SSSR count). The van der Waals surface area contributed by atoms with Crippen LogP contribution in [0.2, 0.25) is 0 Å². The van der Waals surface area contributed by atoms with Crippen LogP contribution in [0.3, 0.4) is 0 Å². The van der Waals surface area contributed by atoms with E-state index in [9.17, 15) is 4.79 Å². The number of nitrogens with one attached hydrogen (secondary N) is 1. The van der Waals surface area contributed by atoms with E-state index < -0.39 is 0 Å². The molecule has 0 aromatic carbocycles. The minimum absolute atomic E-state index is 0.117. The fourth-order valence-corrected chi connectivity index (χ4v) is 3.72. The summed E-state index contributed by atoms with van der Waals surface area (Å²) in [6, 6.07) is 0.361. The largest absolute Gasteiger partial charge is 0.351 e. The molecule has 116 valence electrons. The van der Waals surface area contributed by atoms with Gasteiger partial charge in [0.25, 0.3) is 0 Å². The van der Waals surface area contributed by atoms with Crippen molar-refractivity contribution in [1.29, 1.82) is 0 Å². The normalized spacial score (nSPS) is 26.0. The Labute approximate surface area is 127 Å². The number of nitrogens with zero attached hydrogens (tertiary/aromatic N) is 2. The molecule has 0 bridgehead atoms. The van der Waals surface area contributed by atoms with Crippen LogP contribution in [0, 0.1) is 5.92 Å². The second kappa shape index (κ2) is 6.63. The zero-order valence-electron chi connectivity index (χ0n) is 13.1. The number of fused-ring (bicyclic) bond motifs is 1. The highest BCUT2D eigenvalue weighted by atomic mass is 16.2. The van der Waals surface area contributed by atoms with Gasteiger partial charge in [-0.3, -0.25) is 9.48 Å². The summed E-state index contributed by atoms with van der Waals surface area (Å²) in [6.07, 6.45) is 13.0. The van der Waals surface area contributed by atoms with Gasteiger partial charge < -0.3 is 5.32 Å². The van der Waals surface area contributed by atoms with E-state index >= 15 is 0 Å². The number of aryl methyl sites for hydroxylation is 2. The van der Waals surface area contributed by atoms with Gasteiger partial charge in [0.15, 0.2) is 0 Å². The average Bonchev–Trinajstić information content (AvgIpc) is 2.70. The van der Waals surface area contributed by atoms with E-state index in [1.54, 1.807) is 0 Å². The van der Waals surface area contributed by atoms with Gasteiger partial charge in [-0.15, -0.1) is 0 Å². The number of hydrogen-bond acceptors (Lipinski definition) is 2. The topological polar surface area (TPSA) is 46.9 Å². The van der Waals surface area contributed by atoms with Crippen LogP contribution in [0.1, 0.15) is 63.1 Å². The SMILES string of the molecule is CC1CCCCC1NC(=O)Cn1cc2c(n1)CCCCC2. The summed E-state index contributed by atoms with van der Waals surface area (Å²) in [5.41, 5.74) is 2.57. The van der Waals surface area contributed by atoms with E-state index in [1.807, 2.05) is 4.68 Å².